The SMILES string of the molecule is CN1C(=O)Cc2cc(C(O)C3COCCO3)ccc21. The first-order chi connectivity index (χ1) is 9.16. The second-order valence-electron chi connectivity index (χ2n) is 4.95. The maximum absolute atomic E-state index is 11.6. The van der Waals surface area contributed by atoms with Crippen molar-refractivity contribution in [1.82, 2.24) is 0 Å². The zero-order valence-electron chi connectivity index (χ0n) is 10.8. The quantitative estimate of drug-likeness (QED) is 0.851. The Morgan fingerprint density at radius 3 is 3.00 bits per heavy atom. The number of hydrogen-bond donors (Lipinski definition) is 1. The normalized spacial score (nSPS) is 24.4. The van der Waals surface area contributed by atoms with Gasteiger partial charge in [0.25, 0.3) is 0 Å². The molecule has 2 heterocycles. The number of anilines is 1. The minimum absolute atomic E-state index is 0.0823. The Morgan fingerprint density at radius 2 is 2.26 bits per heavy atom. The second-order valence-corrected chi connectivity index (χ2v) is 4.95. The number of hydrogen-bond acceptors (Lipinski definition) is 4. The highest BCUT2D eigenvalue weighted by Crippen LogP contribution is 2.31. The van der Waals surface area contributed by atoms with Crippen molar-refractivity contribution in [3.63, 3.8) is 0 Å². The van der Waals surface area contributed by atoms with Crippen LogP contribution in [0.15, 0.2) is 18.2 Å². The van der Waals surface area contributed by atoms with Crippen LogP contribution < -0.4 is 4.90 Å². The lowest BCUT2D eigenvalue weighted by Crippen LogP contribution is -2.33. The third kappa shape index (κ3) is 2.25. The fraction of sp³-hybridized carbons (Fsp3) is 0.500. The Balaban J connectivity index is 1.82. The molecule has 5 heteroatoms. The number of nitrogens with zero attached hydrogens (tertiary/aromatic N) is 1. The molecule has 5 nitrogen and oxygen atoms in total. The summed E-state index contributed by atoms with van der Waals surface area (Å²) in [6.07, 6.45) is -0.651. The van der Waals surface area contributed by atoms with Gasteiger partial charge < -0.3 is 19.5 Å². The van der Waals surface area contributed by atoms with Crippen LogP contribution in [0.2, 0.25) is 0 Å². The smallest absolute Gasteiger partial charge is 0.231 e. The van der Waals surface area contributed by atoms with Crippen molar-refractivity contribution >= 4 is 11.6 Å². The highest BCUT2D eigenvalue weighted by atomic mass is 16.6. The number of aliphatic hydroxyl groups excluding tert-OH is 1. The van der Waals surface area contributed by atoms with Gasteiger partial charge in [-0.05, 0) is 17.2 Å². The van der Waals surface area contributed by atoms with E-state index in [0.717, 1.165) is 16.8 Å². The molecule has 0 aromatic heterocycles. The fourth-order valence-corrected chi connectivity index (χ4v) is 2.58. The average Bonchev–Trinajstić information content (AvgIpc) is 2.74. The number of likely N-dealkylation sites (N-methyl/N-ethyl adjacent to an activating group) is 1. The van der Waals surface area contributed by atoms with Crippen molar-refractivity contribution in [2.45, 2.75) is 18.6 Å². The summed E-state index contributed by atoms with van der Waals surface area (Å²) in [4.78, 5) is 13.3. The molecule has 2 unspecified atom stereocenters. The lowest BCUT2D eigenvalue weighted by Gasteiger charge is -2.27. The Labute approximate surface area is 111 Å². The zero-order valence-corrected chi connectivity index (χ0v) is 10.8. The third-order valence-electron chi connectivity index (χ3n) is 3.72. The molecule has 2 atom stereocenters. The van der Waals surface area contributed by atoms with E-state index in [-0.39, 0.29) is 12.0 Å². The molecule has 2 aliphatic heterocycles. The van der Waals surface area contributed by atoms with Gasteiger partial charge in [0, 0.05) is 12.7 Å². The molecule has 1 saturated heterocycles. The summed E-state index contributed by atoms with van der Waals surface area (Å²) in [6.45, 7) is 1.48. The van der Waals surface area contributed by atoms with Gasteiger partial charge in [0.1, 0.15) is 12.2 Å². The Bertz CT molecular complexity index is 496. The molecule has 2 aliphatic rings. The minimum atomic E-state index is -0.716. The van der Waals surface area contributed by atoms with E-state index >= 15 is 0 Å². The summed E-state index contributed by atoms with van der Waals surface area (Å²) in [5.41, 5.74) is 2.65. The predicted molar refractivity (Wildman–Crippen MR) is 69.1 cm³/mol. The number of aliphatic hydroxyl groups is 1. The molecule has 0 spiro atoms. The van der Waals surface area contributed by atoms with Crippen molar-refractivity contribution in [1.29, 1.82) is 0 Å². The minimum Gasteiger partial charge on any atom is -0.386 e. The number of amides is 1. The number of carbonyl (C=O) groups excluding carboxylic acids is 1. The van der Waals surface area contributed by atoms with E-state index in [4.69, 9.17) is 9.47 Å². The highest BCUT2D eigenvalue weighted by Gasteiger charge is 2.28. The molecule has 0 saturated carbocycles. The number of rotatable bonds is 2. The van der Waals surface area contributed by atoms with E-state index in [1.165, 1.54) is 0 Å². The van der Waals surface area contributed by atoms with E-state index in [1.807, 2.05) is 18.2 Å². The van der Waals surface area contributed by atoms with Gasteiger partial charge in [-0.2, -0.15) is 0 Å². The summed E-state index contributed by atoms with van der Waals surface area (Å²) < 4.78 is 10.8. The van der Waals surface area contributed by atoms with Crippen LogP contribution in [-0.2, 0) is 20.7 Å². The Hall–Kier alpha value is -1.43. The molecule has 1 N–H and O–H groups in total. The van der Waals surface area contributed by atoms with Crippen molar-refractivity contribution in [3.05, 3.63) is 29.3 Å². The molecule has 1 aromatic carbocycles. The summed E-state index contributed by atoms with van der Waals surface area (Å²) in [6, 6.07) is 5.61. The lowest BCUT2D eigenvalue weighted by molar-refractivity contribution is -0.133. The van der Waals surface area contributed by atoms with Gasteiger partial charge in [-0.25, -0.2) is 0 Å². The molecule has 1 amide bonds. The first-order valence-electron chi connectivity index (χ1n) is 6.43. The first kappa shape index (κ1) is 12.6. The van der Waals surface area contributed by atoms with Crippen LogP contribution >= 0.6 is 0 Å². The van der Waals surface area contributed by atoms with Crippen molar-refractivity contribution in [2.24, 2.45) is 0 Å². The van der Waals surface area contributed by atoms with Crippen LogP contribution in [0.1, 0.15) is 17.2 Å². The molecular weight excluding hydrogens is 246 g/mol. The van der Waals surface area contributed by atoms with Gasteiger partial charge in [-0.3, -0.25) is 4.79 Å². The van der Waals surface area contributed by atoms with Gasteiger partial charge in [0.2, 0.25) is 5.91 Å². The molecule has 1 fully saturated rings. The molecule has 1 aromatic rings. The number of benzene rings is 1. The van der Waals surface area contributed by atoms with Crippen molar-refractivity contribution in [3.8, 4) is 0 Å². The van der Waals surface area contributed by atoms with E-state index in [9.17, 15) is 9.90 Å². The summed E-state index contributed by atoms with van der Waals surface area (Å²) in [5.74, 6) is 0.0823. The Morgan fingerprint density at radius 1 is 1.42 bits per heavy atom. The average molecular weight is 263 g/mol. The molecular formula is C14H17NO4. The van der Waals surface area contributed by atoms with Crippen LogP contribution in [0.4, 0.5) is 5.69 Å². The molecule has 3 rings (SSSR count). The van der Waals surface area contributed by atoms with Crippen LogP contribution in [0.3, 0.4) is 0 Å². The monoisotopic (exact) mass is 263 g/mol. The van der Waals surface area contributed by atoms with E-state index < -0.39 is 6.10 Å². The first-order valence-corrected chi connectivity index (χ1v) is 6.43. The molecule has 102 valence electrons. The number of ether oxygens (including phenoxy) is 2. The van der Waals surface area contributed by atoms with Gasteiger partial charge in [0.15, 0.2) is 0 Å². The van der Waals surface area contributed by atoms with E-state index in [2.05, 4.69) is 0 Å². The van der Waals surface area contributed by atoms with Crippen LogP contribution in [0, 0.1) is 0 Å². The second kappa shape index (κ2) is 4.92. The van der Waals surface area contributed by atoms with Gasteiger partial charge in [-0.1, -0.05) is 12.1 Å². The van der Waals surface area contributed by atoms with Crippen LogP contribution in [0.5, 0.6) is 0 Å². The Kier molecular flexibility index (Phi) is 3.26. The fourth-order valence-electron chi connectivity index (χ4n) is 2.58. The maximum atomic E-state index is 11.6. The summed E-state index contributed by atoms with van der Waals surface area (Å²) in [7, 11) is 1.77. The predicted octanol–water partition coefficient (Wildman–Crippen LogP) is 0.654. The summed E-state index contributed by atoms with van der Waals surface area (Å²) in [5, 5.41) is 10.3. The third-order valence-corrected chi connectivity index (χ3v) is 3.72. The van der Waals surface area contributed by atoms with Crippen LogP contribution in [0.25, 0.3) is 0 Å². The molecule has 0 radical (unpaired) electrons. The molecule has 0 aliphatic carbocycles. The summed E-state index contributed by atoms with van der Waals surface area (Å²) >= 11 is 0. The van der Waals surface area contributed by atoms with Crippen LogP contribution in [-0.4, -0.2) is 44.0 Å². The van der Waals surface area contributed by atoms with Crippen molar-refractivity contribution < 1.29 is 19.4 Å². The van der Waals surface area contributed by atoms with Gasteiger partial charge in [0.05, 0.1) is 26.2 Å². The topological polar surface area (TPSA) is 59.0 Å². The zero-order chi connectivity index (χ0) is 13.4. The van der Waals surface area contributed by atoms with Crippen molar-refractivity contribution in [2.75, 3.05) is 31.8 Å². The number of carbonyl (C=O) groups is 1. The van der Waals surface area contributed by atoms with Gasteiger partial charge in [-0.15, -0.1) is 0 Å². The van der Waals surface area contributed by atoms with Gasteiger partial charge >= 0.3 is 0 Å². The number of fused-ring (bicyclic) bond motifs is 1. The maximum Gasteiger partial charge on any atom is 0.231 e. The van der Waals surface area contributed by atoms with E-state index in [0.29, 0.717) is 26.2 Å². The lowest BCUT2D eigenvalue weighted by atomic mass is 10.0. The highest BCUT2D eigenvalue weighted by molar-refractivity contribution is 6.00. The molecule has 19 heavy (non-hydrogen) atoms. The largest absolute Gasteiger partial charge is 0.386 e. The molecule has 0 bridgehead atoms. The standard InChI is InChI=1S/C14H17NO4/c1-15-11-3-2-9(6-10(11)7-13(15)16)14(17)12-8-18-4-5-19-12/h2-3,6,12,14,17H,4-5,7-8H2,1H3. The van der Waals surface area contributed by atoms with E-state index in [1.54, 1.807) is 11.9 Å².